The monoisotopic (exact) mass is 263 g/mol. The molecule has 1 aliphatic carbocycles. The Morgan fingerprint density at radius 3 is 2.42 bits per heavy atom. The van der Waals surface area contributed by atoms with Crippen LogP contribution in [0.15, 0.2) is 6.20 Å². The normalized spacial score (nSPS) is 24.2. The van der Waals surface area contributed by atoms with Crippen LogP contribution < -0.4 is 5.32 Å². The molecule has 0 aromatic carbocycles. The highest BCUT2D eigenvalue weighted by atomic mass is 16.1. The number of carbonyl (C=O) groups excluding carboxylic acids is 1. The number of aromatic nitrogens is 2. The van der Waals surface area contributed by atoms with E-state index in [0.717, 1.165) is 43.0 Å². The first-order valence-corrected chi connectivity index (χ1v) is 7.18. The highest BCUT2D eigenvalue weighted by molar-refractivity contribution is 5.92. The van der Waals surface area contributed by atoms with Crippen molar-refractivity contribution in [1.29, 1.82) is 0 Å². The van der Waals surface area contributed by atoms with Gasteiger partial charge in [0.2, 0.25) is 5.91 Å². The van der Waals surface area contributed by atoms with Gasteiger partial charge in [0.1, 0.15) is 5.82 Å². The fraction of sp³-hybridized carbons (Fsp3) is 0.733. The lowest BCUT2D eigenvalue weighted by molar-refractivity contribution is -0.121. The Kier molecular flexibility index (Phi) is 3.97. The largest absolute Gasteiger partial charge is 0.311 e. The Hall–Kier alpha value is -1.32. The highest BCUT2D eigenvalue weighted by Crippen LogP contribution is 2.40. The van der Waals surface area contributed by atoms with Crippen LogP contribution in [0.1, 0.15) is 52.0 Å². The molecule has 1 aliphatic rings. The van der Waals surface area contributed by atoms with Crippen molar-refractivity contribution in [3.8, 4) is 0 Å². The lowest BCUT2D eigenvalue weighted by atomic mass is 9.69. The standard InChI is InChI=1S/C15H25N3O/c1-10-9-16-18-13(10)17-14(19)11-5-7-12(8-6-11)15(2,3)4/h9,11-12H,5-8H2,1-4H3,(H2,16,17,18,19). The maximum Gasteiger partial charge on any atom is 0.228 e. The van der Waals surface area contributed by atoms with E-state index in [0.29, 0.717) is 5.41 Å². The zero-order chi connectivity index (χ0) is 14.0. The van der Waals surface area contributed by atoms with Crippen molar-refractivity contribution in [1.82, 2.24) is 10.2 Å². The van der Waals surface area contributed by atoms with Gasteiger partial charge in [0, 0.05) is 11.5 Å². The number of anilines is 1. The first-order valence-electron chi connectivity index (χ1n) is 7.18. The maximum absolute atomic E-state index is 12.2. The van der Waals surface area contributed by atoms with Crippen LogP contribution in [0.3, 0.4) is 0 Å². The summed E-state index contributed by atoms with van der Waals surface area (Å²) in [6, 6.07) is 0. The van der Waals surface area contributed by atoms with Gasteiger partial charge in [0.05, 0.1) is 6.20 Å². The molecule has 0 radical (unpaired) electrons. The maximum atomic E-state index is 12.2. The Bertz CT molecular complexity index is 436. The molecule has 1 saturated carbocycles. The van der Waals surface area contributed by atoms with Gasteiger partial charge < -0.3 is 5.32 Å². The van der Waals surface area contributed by atoms with Crippen LogP contribution >= 0.6 is 0 Å². The molecule has 0 unspecified atom stereocenters. The molecular formula is C15H25N3O. The van der Waals surface area contributed by atoms with E-state index >= 15 is 0 Å². The first-order chi connectivity index (χ1) is 8.88. The number of aromatic amines is 1. The molecule has 0 bridgehead atoms. The quantitative estimate of drug-likeness (QED) is 0.857. The number of hydrogen-bond acceptors (Lipinski definition) is 2. The van der Waals surface area contributed by atoms with Crippen molar-refractivity contribution >= 4 is 11.7 Å². The van der Waals surface area contributed by atoms with E-state index in [4.69, 9.17) is 0 Å². The molecule has 4 heteroatoms. The smallest absolute Gasteiger partial charge is 0.228 e. The second kappa shape index (κ2) is 5.35. The minimum absolute atomic E-state index is 0.139. The summed E-state index contributed by atoms with van der Waals surface area (Å²) in [4.78, 5) is 12.2. The summed E-state index contributed by atoms with van der Waals surface area (Å²) in [7, 11) is 0. The molecule has 2 N–H and O–H groups in total. The predicted molar refractivity (Wildman–Crippen MR) is 76.9 cm³/mol. The Labute approximate surface area is 115 Å². The fourth-order valence-electron chi connectivity index (χ4n) is 2.92. The van der Waals surface area contributed by atoms with Crippen LogP contribution in [0.2, 0.25) is 0 Å². The number of aryl methyl sites for hydroxylation is 1. The average Bonchev–Trinajstić information content (AvgIpc) is 2.74. The summed E-state index contributed by atoms with van der Waals surface area (Å²) in [6.07, 6.45) is 6.04. The molecule has 0 spiro atoms. The van der Waals surface area contributed by atoms with E-state index in [9.17, 15) is 4.79 Å². The molecule has 19 heavy (non-hydrogen) atoms. The number of nitrogens with zero attached hydrogens (tertiary/aromatic N) is 1. The van der Waals surface area contributed by atoms with Gasteiger partial charge in [0.15, 0.2) is 0 Å². The van der Waals surface area contributed by atoms with Gasteiger partial charge >= 0.3 is 0 Å². The number of amides is 1. The number of carbonyl (C=O) groups is 1. The molecule has 1 heterocycles. The number of nitrogens with one attached hydrogen (secondary N) is 2. The topological polar surface area (TPSA) is 57.8 Å². The molecule has 0 atom stereocenters. The zero-order valence-electron chi connectivity index (χ0n) is 12.4. The van der Waals surface area contributed by atoms with Gasteiger partial charge in [-0.2, -0.15) is 5.10 Å². The number of rotatable bonds is 2. The average molecular weight is 263 g/mol. The van der Waals surface area contributed by atoms with E-state index in [1.165, 1.54) is 0 Å². The third kappa shape index (κ3) is 3.37. The summed E-state index contributed by atoms with van der Waals surface area (Å²) in [5.74, 6) is 1.77. The summed E-state index contributed by atoms with van der Waals surface area (Å²) in [6.45, 7) is 8.83. The molecule has 4 nitrogen and oxygen atoms in total. The molecule has 1 aromatic rings. The van der Waals surface area contributed by atoms with Crippen molar-refractivity contribution < 1.29 is 4.79 Å². The minimum Gasteiger partial charge on any atom is -0.311 e. The summed E-state index contributed by atoms with van der Waals surface area (Å²) < 4.78 is 0. The molecular weight excluding hydrogens is 238 g/mol. The minimum atomic E-state index is 0.139. The lowest BCUT2D eigenvalue weighted by Gasteiger charge is -2.36. The van der Waals surface area contributed by atoms with Gasteiger partial charge in [-0.15, -0.1) is 0 Å². The number of hydrogen-bond donors (Lipinski definition) is 2. The van der Waals surface area contributed by atoms with Crippen molar-refractivity contribution in [3.05, 3.63) is 11.8 Å². The molecule has 0 saturated heterocycles. The third-order valence-electron chi connectivity index (χ3n) is 4.40. The molecule has 2 rings (SSSR count). The summed E-state index contributed by atoms with van der Waals surface area (Å²) >= 11 is 0. The van der Waals surface area contributed by atoms with Crippen molar-refractivity contribution in [2.75, 3.05) is 5.32 Å². The molecule has 106 valence electrons. The fourth-order valence-corrected chi connectivity index (χ4v) is 2.92. The van der Waals surface area contributed by atoms with Gasteiger partial charge in [-0.05, 0) is 43.9 Å². The first kappa shape index (κ1) is 14.1. The SMILES string of the molecule is Cc1cn[nH]c1NC(=O)C1CCC(C(C)(C)C)CC1. The van der Waals surface area contributed by atoms with E-state index in [1.54, 1.807) is 6.20 Å². The van der Waals surface area contributed by atoms with Gasteiger partial charge in [-0.3, -0.25) is 9.89 Å². The van der Waals surface area contributed by atoms with E-state index < -0.39 is 0 Å². The van der Waals surface area contributed by atoms with Crippen LogP contribution in [0.25, 0.3) is 0 Å². The van der Waals surface area contributed by atoms with Crippen LogP contribution in [0, 0.1) is 24.2 Å². The molecule has 1 amide bonds. The Morgan fingerprint density at radius 1 is 1.32 bits per heavy atom. The van der Waals surface area contributed by atoms with Gasteiger partial charge in [-0.1, -0.05) is 20.8 Å². The van der Waals surface area contributed by atoms with E-state index in [2.05, 4.69) is 36.3 Å². The zero-order valence-corrected chi connectivity index (χ0v) is 12.4. The second-order valence-corrected chi connectivity index (χ2v) is 6.83. The van der Waals surface area contributed by atoms with Crippen LogP contribution in [0.4, 0.5) is 5.82 Å². The molecule has 1 fully saturated rings. The molecule has 1 aromatic heterocycles. The highest BCUT2D eigenvalue weighted by Gasteiger charge is 2.32. The number of H-pyrrole nitrogens is 1. The van der Waals surface area contributed by atoms with E-state index in [-0.39, 0.29) is 11.8 Å². The second-order valence-electron chi connectivity index (χ2n) is 6.83. The third-order valence-corrected chi connectivity index (χ3v) is 4.40. The van der Waals surface area contributed by atoms with Gasteiger partial charge in [0.25, 0.3) is 0 Å². The van der Waals surface area contributed by atoms with Crippen LogP contribution in [-0.4, -0.2) is 16.1 Å². The van der Waals surface area contributed by atoms with E-state index in [1.807, 2.05) is 6.92 Å². The van der Waals surface area contributed by atoms with Gasteiger partial charge in [-0.25, -0.2) is 0 Å². The van der Waals surface area contributed by atoms with Crippen LogP contribution in [-0.2, 0) is 4.79 Å². The van der Waals surface area contributed by atoms with Crippen molar-refractivity contribution in [3.63, 3.8) is 0 Å². The summed E-state index contributed by atoms with van der Waals surface area (Å²) in [5.41, 5.74) is 1.35. The van der Waals surface area contributed by atoms with Crippen molar-refractivity contribution in [2.24, 2.45) is 17.3 Å². The summed E-state index contributed by atoms with van der Waals surface area (Å²) in [5, 5.41) is 9.71. The van der Waals surface area contributed by atoms with Crippen LogP contribution in [0.5, 0.6) is 0 Å². The lowest BCUT2D eigenvalue weighted by Crippen LogP contribution is -2.31. The Balaban J connectivity index is 1.88. The van der Waals surface area contributed by atoms with Crippen molar-refractivity contribution in [2.45, 2.75) is 53.4 Å². The molecule has 0 aliphatic heterocycles. The predicted octanol–water partition coefficient (Wildman–Crippen LogP) is 3.51. The Morgan fingerprint density at radius 2 is 1.95 bits per heavy atom.